The van der Waals surface area contributed by atoms with Crippen LogP contribution in [0.3, 0.4) is 0 Å². The van der Waals surface area contributed by atoms with Crippen molar-refractivity contribution in [1.82, 2.24) is 10.2 Å². The van der Waals surface area contributed by atoms with Gasteiger partial charge in [0.2, 0.25) is 0 Å². The van der Waals surface area contributed by atoms with Gasteiger partial charge in [-0.25, -0.2) is 0 Å². The summed E-state index contributed by atoms with van der Waals surface area (Å²) < 4.78 is 4.86. The molecule has 1 rings (SSSR count). The van der Waals surface area contributed by atoms with Gasteiger partial charge in [-0.1, -0.05) is 13.8 Å². The highest BCUT2D eigenvalue weighted by molar-refractivity contribution is 5.80. The van der Waals surface area contributed by atoms with Crippen LogP contribution in [0.15, 0.2) is 0 Å². The summed E-state index contributed by atoms with van der Waals surface area (Å²) in [6.07, 6.45) is 2.38. The molecular formula is C13H26N2O2. The van der Waals surface area contributed by atoms with Gasteiger partial charge in [0.05, 0.1) is 7.11 Å². The molecule has 1 fully saturated rings. The third-order valence-electron chi connectivity index (χ3n) is 3.94. The lowest BCUT2D eigenvalue weighted by Gasteiger charge is -2.40. The lowest BCUT2D eigenvalue weighted by Crippen LogP contribution is -2.57. The molecule has 0 spiro atoms. The molecule has 0 aromatic carbocycles. The van der Waals surface area contributed by atoms with Gasteiger partial charge in [0, 0.05) is 6.54 Å². The van der Waals surface area contributed by atoms with Gasteiger partial charge < -0.3 is 15.0 Å². The van der Waals surface area contributed by atoms with E-state index in [1.54, 1.807) is 0 Å². The Labute approximate surface area is 105 Å². The number of likely N-dealkylation sites (N-methyl/N-ethyl adjacent to an activating group) is 1. The van der Waals surface area contributed by atoms with Gasteiger partial charge in [0.1, 0.15) is 5.54 Å². The summed E-state index contributed by atoms with van der Waals surface area (Å²) >= 11 is 0. The average molecular weight is 242 g/mol. The number of likely N-dealkylation sites (tertiary alicyclic amines) is 1. The Balaban J connectivity index is 2.56. The Hall–Kier alpha value is -0.610. The molecule has 1 saturated heterocycles. The lowest BCUT2D eigenvalue weighted by atomic mass is 9.82. The van der Waals surface area contributed by atoms with Gasteiger partial charge in [-0.05, 0) is 45.3 Å². The highest BCUT2D eigenvalue weighted by Crippen LogP contribution is 2.30. The van der Waals surface area contributed by atoms with E-state index in [1.807, 2.05) is 14.0 Å². The molecule has 0 bridgehead atoms. The molecule has 0 saturated carbocycles. The minimum absolute atomic E-state index is 0.190. The first-order valence-corrected chi connectivity index (χ1v) is 6.33. The molecule has 17 heavy (non-hydrogen) atoms. The minimum atomic E-state index is -0.601. The number of hydrogen-bond donors (Lipinski definition) is 1. The van der Waals surface area contributed by atoms with E-state index in [0.717, 1.165) is 13.1 Å². The summed E-state index contributed by atoms with van der Waals surface area (Å²) in [5.74, 6) is -0.190. The largest absolute Gasteiger partial charge is 0.468 e. The average Bonchev–Trinajstić information content (AvgIpc) is 2.30. The Morgan fingerprint density at radius 2 is 1.94 bits per heavy atom. The monoisotopic (exact) mass is 242 g/mol. The third kappa shape index (κ3) is 3.68. The molecule has 0 aromatic rings. The summed E-state index contributed by atoms with van der Waals surface area (Å²) in [6, 6.07) is 0. The van der Waals surface area contributed by atoms with Crippen molar-refractivity contribution < 1.29 is 9.53 Å². The fourth-order valence-electron chi connectivity index (χ4n) is 2.23. The number of hydrogen-bond acceptors (Lipinski definition) is 4. The topological polar surface area (TPSA) is 41.6 Å². The number of nitrogens with one attached hydrogen (secondary N) is 1. The van der Waals surface area contributed by atoms with Crippen LogP contribution in [0.25, 0.3) is 0 Å². The van der Waals surface area contributed by atoms with Crippen LogP contribution in [0.5, 0.6) is 0 Å². The number of rotatable bonds is 4. The second kappa shape index (κ2) is 5.36. The highest BCUT2D eigenvalue weighted by atomic mass is 16.5. The smallest absolute Gasteiger partial charge is 0.327 e. The van der Waals surface area contributed by atoms with E-state index in [2.05, 4.69) is 24.1 Å². The van der Waals surface area contributed by atoms with Gasteiger partial charge in [-0.15, -0.1) is 0 Å². The second-order valence-corrected chi connectivity index (χ2v) is 6.01. The minimum Gasteiger partial charge on any atom is -0.468 e. The van der Waals surface area contributed by atoms with Crippen LogP contribution in [0.4, 0.5) is 0 Å². The van der Waals surface area contributed by atoms with E-state index in [1.165, 1.54) is 20.0 Å². The molecule has 1 atom stereocenters. The van der Waals surface area contributed by atoms with Crippen molar-refractivity contribution >= 4 is 5.97 Å². The van der Waals surface area contributed by atoms with E-state index in [0.29, 0.717) is 12.0 Å². The van der Waals surface area contributed by atoms with E-state index in [-0.39, 0.29) is 5.97 Å². The maximum atomic E-state index is 11.8. The van der Waals surface area contributed by atoms with Gasteiger partial charge in [0.15, 0.2) is 0 Å². The van der Waals surface area contributed by atoms with Crippen LogP contribution in [0.1, 0.15) is 33.6 Å². The zero-order valence-corrected chi connectivity index (χ0v) is 11.8. The first-order valence-electron chi connectivity index (χ1n) is 6.33. The van der Waals surface area contributed by atoms with Gasteiger partial charge >= 0.3 is 5.97 Å². The summed E-state index contributed by atoms with van der Waals surface area (Å²) in [5.41, 5.74) is -0.159. The molecule has 0 radical (unpaired) electrons. The molecule has 1 aliphatic heterocycles. The van der Waals surface area contributed by atoms with Crippen LogP contribution in [0.2, 0.25) is 0 Å². The lowest BCUT2D eigenvalue weighted by molar-refractivity contribution is -0.148. The first-order chi connectivity index (χ1) is 7.83. The van der Waals surface area contributed by atoms with Crippen molar-refractivity contribution in [2.24, 2.45) is 5.41 Å². The quantitative estimate of drug-likeness (QED) is 0.754. The van der Waals surface area contributed by atoms with Crippen LogP contribution in [0, 0.1) is 5.41 Å². The molecule has 0 amide bonds. The zero-order valence-electron chi connectivity index (χ0n) is 11.8. The Bertz CT molecular complexity index is 269. The summed E-state index contributed by atoms with van der Waals surface area (Å²) in [6.45, 7) is 9.34. The van der Waals surface area contributed by atoms with Crippen molar-refractivity contribution in [3.05, 3.63) is 0 Å². The van der Waals surface area contributed by atoms with E-state index in [9.17, 15) is 4.79 Å². The highest BCUT2D eigenvalue weighted by Gasteiger charge is 2.36. The fourth-order valence-corrected chi connectivity index (χ4v) is 2.23. The SMILES string of the molecule is CNC(C)(CN1CCC(C)(C)CC1)C(=O)OC. The van der Waals surface area contributed by atoms with Crippen molar-refractivity contribution in [3.63, 3.8) is 0 Å². The Morgan fingerprint density at radius 3 is 2.35 bits per heavy atom. The van der Waals surface area contributed by atoms with E-state index >= 15 is 0 Å². The number of nitrogens with zero attached hydrogens (tertiary/aromatic N) is 1. The molecule has 1 heterocycles. The normalized spacial score (nSPS) is 24.1. The maximum absolute atomic E-state index is 11.8. The number of esters is 1. The number of methoxy groups -OCH3 is 1. The van der Waals surface area contributed by atoms with Gasteiger partial charge in [-0.2, -0.15) is 0 Å². The predicted molar refractivity (Wildman–Crippen MR) is 68.9 cm³/mol. The third-order valence-corrected chi connectivity index (χ3v) is 3.94. The van der Waals surface area contributed by atoms with Gasteiger partial charge in [-0.3, -0.25) is 4.79 Å². The molecule has 1 N–H and O–H groups in total. The number of carbonyl (C=O) groups is 1. The Kier molecular flexibility index (Phi) is 4.55. The summed E-state index contributed by atoms with van der Waals surface area (Å²) in [5, 5.41) is 3.08. The molecular weight excluding hydrogens is 216 g/mol. The first kappa shape index (κ1) is 14.5. The second-order valence-electron chi connectivity index (χ2n) is 6.01. The van der Waals surface area contributed by atoms with Crippen molar-refractivity contribution in [3.8, 4) is 0 Å². The zero-order chi connectivity index (χ0) is 13.1. The number of ether oxygens (including phenoxy) is 1. The van der Waals surface area contributed by atoms with Crippen LogP contribution in [-0.4, -0.2) is 50.2 Å². The molecule has 4 heteroatoms. The molecule has 1 unspecified atom stereocenters. The summed E-state index contributed by atoms with van der Waals surface area (Å²) in [4.78, 5) is 14.1. The van der Waals surface area contributed by atoms with E-state index < -0.39 is 5.54 Å². The van der Waals surface area contributed by atoms with Crippen LogP contribution in [-0.2, 0) is 9.53 Å². The van der Waals surface area contributed by atoms with E-state index in [4.69, 9.17) is 4.74 Å². The van der Waals surface area contributed by atoms with Crippen molar-refractivity contribution in [2.75, 3.05) is 33.8 Å². The Morgan fingerprint density at radius 1 is 1.41 bits per heavy atom. The fraction of sp³-hybridized carbons (Fsp3) is 0.923. The molecule has 4 nitrogen and oxygen atoms in total. The molecule has 100 valence electrons. The van der Waals surface area contributed by atoms with Crippen molar-refractivity contribution in [1.29, 1.82) is 0 Å². The van der Waals surface area contributed by atoms with Gasteiger partial charge in [0.25, 0.3) is 0 Å². The maximum Gasteiger partial charge on any atom is 0.327 e. The number of piperidine rings is 1. The van der Waals surface area contributed by atoms with Crippen LogP contribution < -0.4 is 5.32 Å². The standard InChI is InChI=1S/C13H26N2O2/c1-12(2)6-8-15(9-7-12)10-13(3,14-4)11(16)17-5/h14H,6-10H2,1-5H3. The molecule has 0 aliphatic carbocycles. The number of carbonyl (C=O) groups excluding carboxylic acids is 1. The predicted octanol–water partition coefficient (Wildman–Crippen LogP) is 1.26. The molecule has 1 aliphatic rings. The summed E-state index contributed by atoms with van der Waals surface area (Å²) in [7, 11) is 3.25. The molecule has 0 aromatic heterocycles. The van der Waals surface area contributed by atoms with Crippen LogP contribution >= 0.6 is 0 Å². The van der Waals surface area contributed by atoms with Crippen molar-refractivity contribution in [2.45, 2.75) is 39.2 Å².